The van der Waals surface area contributed by atoms with E-state index in [-0.39, 0.29) is 15.6 Å². The van der Waals surface area contributed by atoms with Crippen molar-refractivity contribution in [2.75, 3.05) is 0 Å². The summed E-state index contributed by atoms with van der Waals surface area (Å²) in [5, 5.41) is 8.53. The third-order valence-corrected chi connectivity index (χ3v) is 2.24. The van der Waals surface area contributed by atoms with Crippen LogP contribution in [0.5, 0.6) is 0 Å². The number of hydrogen-bond donors (Lipinski definition) is 1. The molecule has 0 fully saturated rings. The quantitative estimate of drug-likeness (QED) is 0.631. The van der Waals surface area contributed by atoms with Gasteiger partial charge in [0.15, 0.2) is 0 Å². The molecule has 0 unspecified atom stereocenters. The Bertz CT molecular complexity index is 402. The van der Waals surface area contributed by atoms with Crippen LogP contribution in [0.3, 0.4) is 0 Å². The minimum absolute atomic E-state index is 0.0525. The first-order valence-corrected chi connectivity index (χ1v) is 4.32. The summed E-state index contributed by atoms with van der Waals surface area (Å²) >= 11 is 11.3. The van der Waals surface area contributed by atoms with Crippen LogP contribution in [-0.4, -0.2) is 11.1 Å². The van der Waals surface area contributed by atoms with Crippen LogP contribution in [-0.2, 0) is 4.79 Å². The molecule has 0 aliphatic heterocycles. The van der Waals surface area contributed by atoms with Crippen LogP contribution < -0.4 is 0 Å². The molecule has 1 aromatic carbocycles. The van der Waals surface area contributed by atoms with Gasteiger partial charge in [-0.1, -0.05) is 23.2 Å². The van der Waals surface area contributed by atoms with E-state index in [1.165, 1.54) is 6.08 Å². The Morgan fingerprint density at radius 3 is 2.64 bits per heavy atom. The number of halogens is 3. The second kappa shape index (κ2) is 4.44. The van der Waals surface area contributed by atoms with Gasteiger partial charge in [0, 0.05) is 6.08 Å². The first-order chi connectivity index (χ1) is 6.50. The van der Waals surface area contributed by atoms with Crippen molar-refractivity contribution < 1.29 is 14.3 Å². The van der Waals surface area contributed by atoms with Crippen molar-refractivity contribution in [1.29, 1.82) is 0 Å². The van der Waals surface area contributed by atoms with E-state index in [9.17, 15) is 9.18 Å². The predicted molar refractivity (Wildman–Crippen MR) is 53.1 cm³/mol. The van der Waals surface area contributed by atoms with E-state index < -0.39 is 11.8 Å². The van der Waals surface area contributed by atoms with Crippen molar-refractivity contribution in [2.24, 2.45) is 0 Å². The highest BCUT2D eigenvalue weighted by molar-refractivity contribution is 6.42. The van der Waals surface area contributed by atoms with Gasteiger partial charge in [-0.15, -0.1) is 0 Å². The molecule has 0 bridgehead atoms. The SMILES string of the molecule is O=C(O)C=Cc1cc(F)cc(Cl)c1Cl. The first-order valence-electron chi connectivity index (χ1n) is 3.56. The average Bonchev–Trinajstić information content (AvgIpc) is 2.08. The molecule has 1 aromatic rings. The van der Waals surface area contributed by atoms with E-state index in [2.05, 4.69) is 0 Å². The van der Waals surface area contributed by atoms with E-state index in [0.29, 0.717) is 0 Å². The molecule has 0 saturated heterocycles. The molecule has 0 radical (unpaired) electrons. The number of carboxylic acids is 1. The zero-order valence-electron chi connectivity index (χ0n) is 6.80. The van der Waals surface area contributed by atoms with E-state index in [0.717, 1.165) is 18.2 Å². The first kappa shape index (κ1) is 11.0. The zero-order chi connectivity index (χ0) is 10.7. The van der Waals surface area contributed by atoms with Crippen LogP contribution in [0.1, 0.15) is 5.56 Å². The van der Waals surface area contributed by atoms with Gasteiger partial charge < -0.3 is 5.11 Å². The van der Waals surface area contributed by atoms with E-state index in [1.54, 1.807) is 0 Å². The fourth-order valence-electron chi connectivity index (χ4n) is 0.858. The predicted octanol–water partition coefficient (Wildman–Crippen LogP) is 3.23. The van der Waals surface area contributed by atoms with Crippen molar-refractivity contribution in [3.8, 4) is 0 Å². The lowest BCUT2D eigenvalue weighted by atomic mass is 10.2. The summed E-state index contributed by atoms with van der Waals surface area (Å²) in [7, 11) is 0. The van der Waals surface area contributed by atoms with Gasteiger partial charge >= 0.3 is 5.97 Å². The minimum atomic E-state index is -1.14. The van der Waals surface area contributed by atoms with Crippen LogP contribution in [0, 0.1) is 5.82 Å². The zero-order valence-corrected chi connectivity index (χ0v) is 8.31. The van der Waals surface area contributed by atoms with Gasteiger partial charge in [0.25, 0.3) is 0 Å². The van der Waals surface area contributed by atoms with Crippen molar-refractivity contribution in [2.45, 2.75) is 0 Å². The van der Waals surface area contributed by atoms with Gasteiger partial charge in [0.1, 0.15) is 5.82 Å². The Balaban J connectivity index is 3.14. The summed E-state index contributed by atoms with van der Waals surface area (Å²) in [6.07, 6.45) is 2.04. The fraction of sp³-hybridized carbons (Fsp3) is 0. The number of rotatable bonds is 2. The number of hydrogen-bond acceptors (Lipinski definition) is 1. The lowest BCUT2D eigenvalue weighted by molar-refractivity contribution is -0.131. The lowest BCUT2D eigenvalue weighted by Crippen LogP contribution is -1.87. The van der Waals surface area contributed by atoms with Gasteiger partial charge in [0.2, 0.25) is 0 Å². The van der Waals surface area contributed by atoms with Crippen LogP contribution in [0.2, 0.25) is 10.0 Å². The molecule has 0 aliphatic rings. The van der Waals surface area contributed by atoms with Gasteiger partial charge in [0.05, 0.1) is 10.0 Å². The van der Waals surface area contributed by atoms with Crippen LogP contribution in [0.15, 0.2) is 18.2 Å². The molecule has 2 nitrogen and oxygen atoms in total. The molecule has 0 amide bonds. The summed E-state index contributed by atoms with van der Waals surface area (Å²) in [6, 6.07) is 2.16. The number of carboxylic acid groups (broad SMARTS) is 1. The smallest absolute Gasteiger partial charge is 0.328 e. The molecule has 74 valence electrons. The van der Waals surface area contributed by atoms with Crippen molar-refractivity contribution in [1.82, 2.24) is 0 Å². The Kier molecular flexibility index (Phi) is 3.49. The summed E-state index contributed by atoms with van der Waals surface area (Å²) in [5.41, 5.74) is 0.235. The standard InChI is InChI=1S/C9H5Cl2FO2/c10-7-4-6(12)3-5(9(7)11)1-2-8(13)14/h1-4H,(H,13,14). The van der Waals surface area contributed by atoms with Crippen molar-refractivity contribution in [3.05, 3.63) is 39.6 Å². The second-order valence-electron chi connectivity index (χ2n) is 2.46. The van der Waals surface area contributed by atoms with Crippen molar-refractivity contribution in [3.63, 3.8) is 0 Å². The summed E-state index contributed by atoms with van der Waals surface area (Å²) in [4.78, 5) is 10.2. The number of benzene rings is 1. The monoisotopic (exact) mass is 234 g/mol. The van der Waals surface area contributed by atoms with E-state index in [4.69, 9.17) is 28.3 Å². The Labute approximate surface area is 89.6 Å². The molecule has 1 N–H and O–H groups in total. The maximum absolute atomic E-state index is 12.8. The maximum Gasteiger partial charge on any atom is 0.328 e. The molecule has 0 aliphatic carbocycles. The molecule has 0 spiro atoms. The summed E-state index contributed by atoms with van der Waals surface area (Å²) in [5.74, 6) is -1.70. The fourth-order valence-corrected chi connectivity index (χ4v) is 1.24. The third-order valence-electron chi connectivity index (χ3n) is 1.43. The van der Waals surface area contributed by atoms with Crippen LogP contribution in [0.25, 0.3) is 6.08 Å². The van der Waals surface area contributed by atoms with Crippen molar-refractivity contribution >= 4 is 35.2 Å². The molecule has 14 heavy (non-hydrogen) atoms. The normalized spacial score (nSPS) is 10.8. The highest BCUT2D eigenvalue weighted by atomic mass is 35.5. The van der Waals surface area contributed by atoms with Crippen LogP contribution >= 0.6 is 23.2 Å². The van der Waals surface area contributed by atoms with E-state index >= 15 is 0 Å². The lowest BCUT2D eigenvalue weighted by Gasteiger charge is -2.00. The highest BCUT2D eigenvalue weighted by Crippen LogP contribution is 2.27. The third kappa shape index (κ3) is 2.72. The molecule has 0 aromatic heterocycles. The maximum atomic E-state index is 12.8. The minimum Gasteiger partial charge on any atom is -0.478 e. The summed E-state index contributed by atoms with van der Waals surface area (Å²) in [6.45, 7) is 0. The summed E-state index contributed by atoms with van der Waals surface area (Å²) < 4.78 is 12.8. The van der Waals surface area contributed by atoms with Gasteiger partial charge in [-0.3, -0.25) is 0 Å². The van der Waals surface area contributed by atoms with Gasteiger partial charge in [-0.25, -0.2) is 9.18 Å². The largest absolute Gasteiger partial charge is 0.478 e. The highest BCUT2D eigenvalue weighted by Gasteiger charge is 2.05. The molecule has 5 heteroatoms. The topological polar surface area (TPSA) is 37.3 Å². The van der Waals surface area contributed by atoms with E-state index in [1.807, 2.05) is 0 Å². The average molecular weight is 235 g/mol. The molecular weight excluding hydrogens is 230 g/mol. The molecular formula is C9H5Cl2FO2. The Hall–Kier alpha value is -1.06. The van der Waals surface area contributed by atoms with Gasteiger partial charge in [-0.05, 0) is 23.8 Å². The van der Waals surface area contributed by atoms with Gasteiger partial charge in [-0.2, -0.15) is 0 Å². The number of carbonyl (C=O) groups is 1. The molecule has 0 saturated carbocycles. The molecule has 1 rings (SSSR count). The van der Waals surface area contributed by atoms with Crippen LogP contribution in [0.4, 0.5) is 4.39 Å². The molecule has 0 heterocycles. The Morgan fingerprint density at radius 1 is 1.43 bits per heavy atom. The number of aliphatic carboxylic acids is 1. The Morgan fingerprint density at radius 2 is 2.07 bits per heavy atom. The molecule has 0 atom stereocenters. The second-order valence-corrected chi connectivity index (χ2v) is 3.25.